The van der Waals surface area contributed by atoms with E-state index in [0.29, 0.717) is 12.0 Å². The molecule has 0 saturated carbocycles. The van der Waals surface area contributed by atoms with Gasteiger partial charge in [-0.1, -0.05) is 24.1 Å². The molecule has 0 N–H and O–H groups in total. The normalized spacial score (nSPS) is 17.8. The Balaban J connectivity index is 1.63. The third-order valence-electron chi connectivity index (χ3n) is 5.54. The molecule has 2 rings (SSSR count). The molecular weight excluding hydrogens is 410 g/mol. The molecule has 1 aromatic rings. The van der Waals surface area contributed by atoms with E-state index >= 15 is 0 Å². The first-order chi connectivity index (χ1) is 13.3. The molecule has 4 nitrogen and oxygen atoms in total. The van der Waals surface area contributed by atoms with Gasteiger partial charge in [0.2, 0.25) is 0 Å². The number of hydrogen-bond acceptors (Lipinski definition) is 5. The van der Waals surface area contributed by atoms with Gasteiger partial charge in [0.25, 0.3) is 0 Å². The van der Waals surface area contributed by atoms with Crippen molar-refractivity contribution < 1.29 is 17.5 Å². The van der Waals surface area contributed by atoms with Gasteiger partial charge >= 0.3 is 0 Å². The van der Waals surface area contributed by atoms with Gasteiger partial charge < -0.3 is 9.04 Å². The Kier molecular flexibility index (Phi) is 10.2. The fourth-order valence-corrected chi connectivity index (χ4v) is 6.79. The topological polar surface area (TPSA) is 57.2 Å². The fourth-order valence-electron chi connectivity index (χ4n) is 3.79. The standard InChI is InChI=1S/C21H35NO3S3/c1-19-8-9-21(28(23,24)25)20(18-19)10-14-26-16-17-27-15-13-22(2)11-6-4-3-5-7-12-22/h8-9,18H,3-7,10-17H2,1-2H3. The zero-order valence-corrected chi connectivity index (χ0v) is 19.8. The minimum Gasteiger partial charge on any atom is -0.744 e. The van der Waals surface area contributed by atoms with E-state index in [9.17, 15) is 13.0 Å². The summed E-state index contributed by atoms with van der Waals surface area (Å²) in [6, 6.07) is 4.96. The van der Waals surface area contributed by atoms with Gasteiger partial charge in [0, 0.05) is 17.3 Å². The van der Waals surface area contributed by atoms with Crippen LogP contribution in [0.2, 0.25) is 0 Å². The maximum atomic E-state index is 11.4. The number of quaternary nitrogens is 1. The van der Waals surface area contributed by atoms with Crippen molar-refractivity contribution in [2.24, 2.45) is 0 Å². The van der Waals surface area contributed by atoms with E-state index in [2.05, 4.69) is 7.05 Å². The molecule has 0 atom stereocenters. The van der Waals surface area contributed by atoms with E-state index in [1.54, 1.807) is 6.07 Å². The summed E-state index contributed by atoms with van der Waals surface area (Å²) in [6.07, 6.45) is 7.58. The van der Waals surface area contributed by atoms with Crippen molar-refractivity contribution in [3.8, 4) is 0 Å². The van der Waals surface area contributed by atoms with E-state index in [1.165, 1.54) is 68.0 Å². The van der Waals surface area contributed by atoms with Crippen molar-refractivity contribution in [3.63, 3.8) is 0 Å². The van der Waals surface area contributed by atoms with Crippen LogP contribution in [-0.2, 0) is 16.5 Å². The average Bonchev–Trinajstić information content (AvgIpc) is 2.60. The summed E-state index contributed by atoms with van der Waals surface area (Å²) in [7, 11) is -1.97. The first-order valence-electron chi connectivity index (χ1n) is 10.3. The molecule has 7 heteroatoms. The van der Waals surface area contributed by atoms with Crippen LogP contribution < -0.4 is 0 Å². The van der Waals surface area contributed by atoms with Crippen LogP contribution in [0.15, 0.2) is 23.1 Å². The van der Waals surface area contributed by atoms with Gasteiger partial charge in [-0.2, -0.15) is 23.5 Å². The number of aryl methyl sites for hydroxylation is 2. The van der Waals surface area contributed by atoms with E-state index in [0.717, 1.165) is 22.8 Å². The Morgan fingerprint density at radius 2 is 1.57 bits per heavy atom. The van der Waals surface area contributed by atoms with Crippen LogP contribution in [-0.4, -0.2) is 67.1 Å². The molecule has 1 aliphatic heterocycles. The van der Waals surface area contributed by atoms with Crippen molar-refractivity contribution in [2.45, 2.75) is 50.3 Å². The summed E-state index contributed by atoms with van der Waals surface area (Å²) in [6.45, 7) is 5.85. The van der Waals surface area contributed by atoms with Crippen LogP contribution in [0, 0.1) is 6.92 Å². The highest BCUT2D eigenvalue weighted by atomic mass is 32.2. The van der Waals surface area contributed by atoms with E-state index in [-0.39, 0.29) is 4.90 Å². The van der Waals surface area contributed by atoms with E-state index in [4.69, 9.17) is 0 Å². The minimum absolute atomic E-state index is 0.0571. The van der Waals surface area contributed by atoms with Gasteiger partial charge in [-0.05, 0) is 56.4 Å². The molecule has 0 spiro atoms. The second-order valence-corrected chi connectivity index (χ2v) is 11.9. The Hall–Kier alpha value is -0.210. The Morgan fingerprint density at radius 1 is 0.964 bits per heavy atom. The van der Waals surface area contributed by atoms with Crippen molar-refractivity contribution in [1.29, 1.82) is 0 Å². The second kappa shape index (κ2) is 11.8. The molecule has 0 radical (unpaired) electrons. The van der Waals surface area contributed by atoms with Crippen LogP contribution in [0.1, 0.15) is 43.2 Å². The molecule has 0 aliphatic carbocycles. The number of rotatable bonds is 10. The van der Waals surface area contributed by atoms with E-state index in [1.807, 2.05) is 36.5 Å². The number of hydrogen-bond donors (Lipinski definition) is 0. The molecule has 1 saturated heterocycles. The van der Waals surface area contributed by atoms with Gasteiger partial charge in [0.15, 0.2) is 0 Å². The van der Waals surface area contributed by atoms with Crippen molar-refractivity contribution in [2.75, 3.05) is 49.7 Å². The molecular formula is C21H35NO3S3. The largest absolute Gasteiger partial charge is 0.744 e. The van der Waals surface area contributed by atoms with Gasteiger partial charge in [-0.25, -0.2) is 8.42 Å². The average molecular weight is 446 g/mol. The second-order valence-electron chi connectivity index (χ2n) is 8.10. The number of nitrogens with zero attached hydrogens (tertiary/aromatic N) is 1. The summed E-state index contributed by atoms with van der Waals surface area (Å²) in [5.74, 6) is 4.26. The highest BCUT2D eigenvalue weighted by molar-refractivity contribution is 8.02. The maximum Gasteiger partial charge on any atom is 0.124 e. The van der Waals surface area contributed by atoms with E-state index < -0.39 is 10.1 Å². The third kappa shape index (κ3) is 8.66. The molecule has 1 aliphatic rings. The summed E-state index contributed by atoms with van der Waals surface area (Å²) >= 11 is 3.87. The molecule has 1 fully saturated rings. The molecule has 0 bridgehead atoms. The highest BCUT2D eigenvalue weighted by Crippen LogP contribution is 2.20. The summed E-state index contributed by atoms with van der Waals surface area (Å²) < 4.78 is 35.4. The lowest BCUT2D eigenvalue weighted by molar-refractivity contribution is -0.908. The lowest BCUT2D eigenvalue weighted by atomic mass is 10.1. The zero-order chi connectivity index (χ0) is 20.5. The van der Waals surface area contributed by atoms with Gasteiger partial charge in [0.05, 0.1) is 31.6 Å². The lowest BCUT2D eigenvalue weighted by Gasteiger charge is -2.36. The molecule has 0 amide bonds. The first-order valence-corrected chi connectivity index (χ1v) is 14.1. The van der Waals surface area contributed by atoms with Crippen LogP contribution >= 0.6 is 23.5 Å². The Bertz CT molecular complexity index is 699. The molecule has 28 heavy (non-hydrogen) atoms. The number of thioether (sulfide) groups is 2. The van der Waals surface area contributed by atoms with Gasteiger partial charge in [0.1, 0.15) is 10.1 Å². The maximum absolute atomic E-state index is 11.4. The molecule has 1 aromatic carbocycles. The van der Waals surface area contributed by atoms with Crippen LogP contribution in [0.5, 0.6) is 0 Å². The Labute approximate surface area is 180 Å². The van der Waals surface area contributed by atoms with Crippen molar-refractivity contribution in [1.82, 2.24) is 0 Å². The van der Waals surface area contributed by atoms with Crippen molar-refractivity contribution in [3.05, 3.63) is 29.3 Å². The first kappa shape index (κ1) is 24.1. The summed E-state index contributed by atoms with van der Waals surface area (Å²) in [5.41, 5.74) is 1.65. The monoisotopic (exact) mass is 445 g/mol. The molecule has 0 aromatic heterocycles. The number of benzene rings is 1. The Morgan fingerprint density at radius 3 is 2.21 bits per heavy atom. The fraction of sp³-hybridized carbons (Fsp3) is 0.714. The third-order valence-corrected chi connectivity index (χ3v) is 8.69. The lowest BCUT2D eigenvalue weighted by Crippen LogP contribution is -2.47. The van der Waals surface area contributed by atoms with Gasteiger partial charge in [-0.15, -0.1) is 0 Å². The quantitative estimate of drug-likeness (QED) is 0.305. The van der Waals surface area contributed by atoms with Crippen molar-refractivity contribution >= 4 is 33.6 Å². The molecule has 1 heterocycles. The molecule has 160 valence electrons. The SMILES string of the molecule is Cc1ccc(S(=O)(=O)[O-])c(CCSCCSCC[N+]2(C)CCCCCCC2)c1. The predicted octanol–water partition coefficient (Wildman–Crippen LogP) is 4.32. The minimum atomic E-state index is -4.39. The van der Waals surface area contributed by atoms with Gasteiger partial charge in [-0.3, -0.25) is 0 Å². The van der Waals surface area contributed by atoms with Crippen LogP contribution in [0.4, 0.5) is 0 Å². The zero-order valence-electron chi connectivity index (χ0n) is 17.3. The predicted molar refractivity (Wildman–Crippen MR) is 121 cm³/mol. The number of likely N-dealkylation sites (tertiary alicyclic amines) is 1. The molecule has 0 unspecified atom stereocenters. The van der Waals surface area contributed by atoms with Crippen LogP contribution in [0.25, 0.3) is 0 Å². The van der Waals surface area contributed by atoms with Crippen LogP contribution in [0.3, 0.4) is 0 Å². The summed E-state index contributed by atoms with van der Waals surface area (Å²) in [5, 5.41) is 0. The highest BCUT2D eigenvalue weighted by Gasteiger charge is 2.21. The smallest absolute Gasteiger partial charge is 0.124 e. The summed E-state index contributed by atoms with van der Waals surface area (Å²) in [4.78, 5) is -0.0571.